The highest BCUT2D eigenvalue weighted by Crippen LogP contribution is 2.37. The lowest BCUT2D eigenvalue weighted by molar-refractivity contribution is 0.120. The van der Waals surface area contributed by atoms with E-state index in [0.29, 0.717) is 11.2 Å². The second-order valence-corrected chi connectivity index (χ2v) is 10.3. The van der Waals surface area contributed by atoms with Gasteiger partial charge in [-0.15, -0.1) is 21.5 Å². The maximum Gasteiger partial charge on any atom is 0.259 e. The molecular weight excluding hydrogens is 402 g/mol. The third kappa shape index (κ3) is 4.03. The number of hydrogen-bond donors (Lipinski definition) is 2. The van der Waals surface area contributed by atoms with E-state index < -0.39 is 0 Å². The first-order valence-corrected chi connectivity index (χ1v) is 11.4. The molecule has 3 aromatic rings. The van der Waals surface area contributed by atoms with Crippen molar-refractivity contribution < 1.29 is 4.74 Å². The molecule has 1 saturated heterocycles. The minimum atomic E-state index is -0.0690. The van der Waals surface area contributed by atoms with Crippen LogP contribution >= 0.6 is 34.4 Å². The number of nitrogens with one attached hydrogen (secondary N) is 2. The lowest BCUT2D eigenvalue weighted by Gasteiger charge is -2.09. The number of H-pyrrole nitrogens is 1. The molecule has 1 aliphatic heterocycles. The van der Waals surface area contributed by atoms with Crippen LogP contribution in [-0.2, 0) is 4.74 Å². The van der Waals surface area contributed by atoms with Crippen LogP contribution in [0.15, 0.2) is 9.13 Å². The molecule has 0 aromatic carbocycles. The van der Waals surface area contributed by atoms with Crippen LogP contribution in [0.5, 0.6) is 0 Å². The maximum absolute atomic E-state index is 12.5. The Kier molecular flexibility index (Phi) is 5.49. The number of nitrogens with zero attached hydrogens (tertiary/aromatic N) is 3. The highest BCUT2D eigenvalue weighted by molar-refractivity contribution is 8.01. The minimum absolute atomic E-state index is 0.0243. The number of fused-ring (bicyclic) bond motifs is 1. The molecule has 2 N–H and O–H groups in total. The second-order valence-electron chi connectivity index (χ2n) is 6.56. The number of thiophene rings is 1. The van der Waals surface area contributed by atoms with Crippen LogP contribution in [0.1, 0.15) is 41.3 Å². The monoisotopic (exact) mass is 423 g/mol. The molecule has 7 nitrogen and oxygen atoms in total. The number of aromatic nitrogens is 4. The van der Waals surface area contributed by atoms with E-state index in [1.54, 1.807) is 23.1 Å². The summed E-state index contributed by atoms with van der Waals surface area (Å²) in [5.74, 6) is 0.669. The van der Waals surface area contributed by atoms with E-state index >= 15 is 0 Å². The number of aryl methyl sites for hydroxylation is 2. The third-order valence-electron chi connectivity index (χ3n) is 4.63. The first-order chi connectivity index (χ1) is 13.0. The summed E-state index contributed by atoms with van der Waals surface area (Å²) in [6, 6.07) is 0. The van der Waals surface area contributed by atoms with Crippen LogP contribution in [0.3, 0.4) is 0 Å². The van der Waals surface area contributed by atoms with Gasteiger partial charge in [-0.1, -0.05) is 23.1 Å². The van der Waals surface area contributed by atoms with Gasteiger partial charge in [0.2, 0.25) is 5.13 Å². The summed E-state index contributed by atoms with van der Waals surface area (Å²) < 4.78 is 6.45. The van der Waals surface area contributed by atoms with Crippen molar-refractivity contribution in [3.05, 3.63) is 26.6 Å². The molecule has 0 saturated carbocycles. The zero-order valence-corrected chi connectivity index (χ0v) is 17.8. The Morgan fingerprint density at radius 2 is 2.22 bits per heavy atom. The molecule has 3 aromatic heterocycles. The van der Waals surface area contributed by atoms with Crippen molar-refractivity contribution in [2.75, 3.05) is 18.5 Å². The quantitative estimate of drug-likeness (QED) is 0.581. The van der Waals surface area contributed by atoms with Crippen LogP contribution in [-0.4, -0.2) is 39.4 Å². The van der Waals surface area contributed by atoms with Crippen molar-refractivity contribution in [1.29, 1.82) is 0 Å². The molecule has 27 heavy (non-hydrogen) atoms. The van der Waals surface area contributed by atoms with Gasteiger partial charge in [-0.25, -0.2) is 4.98 Å². The van der Waals surface area contributed by atoms with E-state index in [9.17, 15) is 4.79 Å². The van der Waals surface area contributed by atoms with Gasteiger partial charge in [0.05, 0.1) is 16.7 Å². The van der Waals surface area contributed by atoms with E-state index in [4.69, 9.17) is 4.74 Å². The van der Waals surface area contributed by atoms with Gasteiger partial charge in [0.1, 0.15) is 10.7 Å². The summed E-state index contributed by atoms with van der Waals surface area (Å²) in [5.41, 5.74) is 0.946. The van der Waals surface area contributed by atoms with E-state index in [2.05, 4.69) is 25.5 Å². The van der Waals surface area contributed by atoms with Crippen molar-refractivity contribution in [1.82, 2.24) is 20.2 Å². The Morgan fingerprint density at radius 1 is 1.37 bits per heavy atom. The molecule has 0 amide bonds. The molecule has 4 heterocycles. The van der Waals surface area contributed by atoms with Crippen molar-refractivity contribution in [2.45, 2.75) is 49.3 Å². The molecule has 0 aliphatic carbocycles. The average molecular weight is 424 g/mol. The van der Waals surface area contributed by atoms with Crippen molar-refractivity contribution in [2.24, 2.45) is 0 Å². The SMILES string of the molecule is Cc1sc2nc(C(C)Sc3nnc(NCC4CCCO4)s3)[nH]c(=O)c2c1C. The van der Waals surface area contributed by atoms with Gasteiger partial charge < -0.3 is 15.0 Å². The predicted molar refractivity (Wildman–Crippen MR) is 111 cm³/mol. The van der Waals surface area contributed by atoms with Gasteiger partial charge in [-0.2, -0.15) is 0 Å². The van der Waals surface area contributed by atoms with Gasteiger partial charge in [-0.05, 0) is 39.2 Å². The van der Waals surface area contributed by atoms with E-state index in [-0.39, 0.29) is 16.9 Å². The fourth-order valence-electron chi connectivity index (χ4n) is 3.01. The normalized spacial score (nSPS) is 18.3. The van der Waals surface area contributed by atoms with E-state index in [0.717, 1.165) is 50.7 Å². The maximum atomic E-state index is 12.5. The predicted octanol–water partition coefficient (Wildman–Crippen LogP) is 3.90. The Labute approximate surface area is 169 Å². The fraction of sp³-hybridized carbons (Fsp3) is 0.529. The highest BCUT2D eigenvalue weighted by atomic mass is 32.2. The Bertz CT molecular complexity index is 1010. The summed E-state index contributed by atoms with van der Waals surface area (Å²) >= 11 is 4.63. The minimum Gasteiger partial charge on any atom is -0.376 e. The molecule has 2 unspecified atom stereocenters. The summed E-state index contributed by atoms with van der Waals surface area (Å²) in [7, 11) is 0. The molecule has 0 spiro atoms. The smallest absolute Gasteiger partial charge is 0.259 e. The number of thioether (sulfide) groups is 1. The van der Waals surface area contributed by atoms with Crippen molar-refractivity contribution in [3.8, 4) is 0 Å². The van der Waals surface area contributed by atoms with Gasteiger partial charge >= 0.3 is 0 Å². The average Bonchev–Trinajstić information content (AvgIpc) is 3.35. The molecule has 10 heteroatoms. The summed E-state index contributed by atoms with van der Waals surface area (Å²) in [4.78, 5) is 22.0. The topological polar surface area (TPSA) is 92.8 Å². The van der Waals surface area contributed by atoms with Gasteiger partial charge in [0.15, 0.2) is 4.34 Å². The van der Waals surface area contributed by atoms with E-state index in [1.807, 2.05) is 20.8 Å². The molecule has 0 bridgehead atoms. The Morgan fingerprint density at radius 3 is 3.00 bits per heavy atom. The first-order valence-electron chi connectivity index (χ1n) is 8.87. The largest absolute Gasteiger partial charge is 0.376 e. The number of rotatable bonds is 6. The first kappa shape index (κ1) is 18.9. The van der Waals surface area contributed by atoms with Crippen molar-refractivity contribution in [3.63, 3.8) is 0 Å². The lowest BCUT2D eigenvalue weighted by Crippen LogP contribution is -2.18. The zero-order chi connectivity index (χ0) is 19.0. The number of ether oxygens (including phenoxy) is 1. The van der Waals surface area contributed by atoms with E-state index in [1.165, 1.54) is 11.3 Å². The third-order valence-corrected chi connectivity index (χ3v) is 7.81. The molecule has 1 fully saturated rings. The Balaban J connectivity index is 1.45. The fourth-order valence-corrected chi connectivity index (χ4v) is 6.00. The molecule has 144 valence electrons. The van der Waals surface area contributed by atoms with Crippen LogP contribution in [0.4, 0.5) is 5.13 Å². The van der Waals surface area contributed by atoms with Gasteiger partial charge in [0, 0.05) is 18.0 Å². The molecule has 2 atom stereocenters. The summed E-state index contributed by atoms with van der Waals surface area (Å²) in [5, 5.41) is 13.2. The van der Waals surface area contributed by atoms with Crippen LogP contribution in [0, 0.1) is 13.8 Å². The van der Waals surface area contributed by atoms with Crippen LogP contribution in [0.25, 0.3) is 10.2 Å². The second kappa shape index (κ2) is 7.86. The summed E-state index contributed by atoms with van der Waals surface area (Å²) in [6.07, 6.45) is 2.48. The standard InChI is InChI=1S/C17H21N5O2S3/c1-8-9(2)25-15-12(8)14(23)19-13(20-15)10(3)26-17-22-21-16(27-17)18-7-11-5-4-6-24-11/h10-11H,4-7H2,1-3H3,(H,18,21)(H,19,20,23). The lowest BCUT2D eigenvalue weighted by atomic mass is 10.2. The number of aromatic amines is 1. The summed E-state index contributed by atoms with van der Waals surface area (Å²) in [6.45, 7) is 7.61. The molecule has 1 aliphatic rings. The Hall–Kier alpha value is -1.49. The number of hydrogen-bond acceptors (Lipinski definition) is 9. The van der Waals surface area contributed by atoms with Crippen LogP contribution in [0.2, 0.25) is 0 Å². The number of anilines is 1. The molecule has 4 rings (SSSR count). The van der Waals surface area contributed by atoms with Crippen LogP contribution < -0.4 is 10.9 Å². The zero-order valence-electron chi connectivity index (χ0n) is 15.4. The molecule has 0 radical (unpaired) electrons. The van der Waals surface area contributed by atoms with Gasteiger partial charge in [0.25, 0.3) is 5.56 Å². The van der Waals surface area contributed by atoms with Crippen molar-refractivity contribution >= 4 is 49.8 Å². The highest BCUT2D eigenvalue weighted by Gasteiger charge is 2.19. The molecular formula is C17H21N5O2S3. The van der Waals surface area contributed by atoms with Gasteiger partial charge in [-0.3, -0.25) is 4.79 Å².